The molecule has 1 rings (SSSR count). The van der Waals surface area contributed by atoms with Gasteiger partial charge in [0, 0.05) is 5.56 Å². The minimum atomic E-state index is 0.0710. The lowest BCUT2D eigenvalue weighted by Gasteiger charge is -1.95. The second-order valence-corrected chi connectivity index (χ2v) is 2.69. The van der Waals surface area contributed by atoms with Gasteiger partial charge in [0.15, 0.2) is 0 Å². The van der Waals surface area contributed by atoms with Crippen LogP contribution in [0.2, 0.25) is 0 Å². The zero-order chi connectivity index (χ0) is 9.52. The summed E-state index contributed by atoms with van der Waals surface area (Å²) in [6.45, 7) is 0.755. The maximum Gasteiger partial charge on any atom is 0.0682 e. The van der Waals surface area contributed by atoms with Crippen molar-refractivity contribution in [1.29, 1.82) is 0 Å². The van der Waals surface area contributed by atoms with E-state index in [2.05, 4.69) is 17.2 Å². The van der Waals surface area contributed by atoms with Crippen molar-refractivity contribution in [3.05, 3.63) is 35.4 Å². The molecule has 0 aliphatic heterocycles. The van der Waals surface area contributed by atoms with Crippen LogP contribution >= 0.6 is 0 Å². The van der Waals surface area contributed by atoms with E-state index in [1.54, 1.807) is 0 Å². The SMILES string of the molecule is CNCC#Cc1cccc(CO)c1. The maximum absolute atomic E-state index is 8.87. The van der Waals surface area contributed by atoms with Gasteiger partial charge in [-0.05, 0) is 24.7 Å². The van der Waals surface area contributed by atoms with Crippen molar-refractivity contribution in [2.45, 2.75) is 6.61 Å². The monoisotopic (exact) mass is 175 g/mol. The van der Waals surface area contributed by atoms with Gasteiger partial charge in [-0.1, -0.05) is 24.0 Å². The molecule has 2 heteroatoms. The molecule has 0 atom stereocenters. The molecule has 68 valence electrons. The van der Waals surface area contributed by atoms with Gasteiger partial charge in [0.05, 0.1) is 13.2 Å². The predicted octanol–water partition coefficient (Wildman–Crippen LogP) is 0.750. The Morgan fingerprint density at radius 3 is 3.00 bits per heavy atom. The molecule has 0 aliphatic rings. The first-order chi connectivity index (χ1) is 6.36. The first kappa shape index (κ1) is 9.79. The summed E-state index contributed by atoms with van der Waals surface area (Å²) in [4.78, 5) is 0. The van der Waals surface area contributed by atoms with E-state index >= 15 is 0 Å². The van der Waals surface area contributed by atoms with Crippen molar-refractivity contribution >= 4 is 0 Å². The molecule has 0 fully saturated rings. The van der Waals surface area contributed by atoms with E-state index in [1.165, 1.54) is 0 Å². The summed E-state index contributed by atoms with van der Waals surface area (Å²) in [6, 6.07) is 7.60. The van der Waals surface area contributed by atoms with Gasteiger partial charge < -0.3 is 10.4 Å². The highest BCUT2D eigenvalue weighted by Gasteiger charge is 1.89. The van der Waals surface area contributed by atoms with Crippen molar-refractivity contribution in [1.82, 2.24) is 5.32 Å². The highest BCUT2D eigenvalue weighted by molar-refractivity contribution is 5.37. The minimum absolute atomic E-state index is 0.0710. The molecular weight excluding hydrogens is 162 g/mol. The second kappa shape index (κ2) is 5.36. The fourth-order valence-electron chi connectivity index (χ4n) is 0.982. The van der Waals surface area contributed by atoms with Gasteiger partial charge in [-0.15, -0.1) is 0 Å². The summed E-state index contributed by atoms with van der Waals surface area (Å²) >= 11 is 0. The van der Waals surface area contributed by atoms with Crippen molar-refractivity contribution in [2.75, 3.05) is 13.6 Å². The summed E-state index contributed by atoms with van der Waals surface area (Å²) in [5.74, 6) is 5.96. The Balaban J connectivity index is 2.73. The smallest absolute Gasteiger partial charge is 0.0682 e. The summed E-state index contributed by atoms with van der Waals surface area (Å²) < 4.78 is 0. The Kier molecular flexibility index (Phi) is 4.04. The van der Waals surface area contributed by atoms with Crippen LogP contribution in [0.3, 0.4) is 0 Å². The molecule has 0 spiro atoms. The standard InChI is InChI=1S/C11H13NO/c1-12-7-3-6-10-4-2-5-11(8-10)9-13/h2,4-5,8,12-13H,7,9H2,1H3. The van der Waals surface area contributed by atoms with Crippen LogP contribution in [0.15, 0.2) is 24.3 Å². The van der Waals surface area contributed by atoms with Crippen LogP contribution in [0, 0.1) is 11.8 Å². The molecule has 1 aromatic rings. The number of aliphatic hydroxyl groups excluding tert-OH is 1. The largest absolute Gasteiger partial charge is 0.392 e. The highest BCUT2D eigenvalue weighted by Crippen LogP contribution is 2.03. The zero-order valence-corrected chi connectivity index (χ0v) is 7.67. The van der Waals surface area contributed by atoms with E-state index < -0.39 is 0 Å². The molecule has 13 heavy (non-hydrogen) atoms. The molecule has 0 saturated carbocycles. The fraction of sp³-hybridized carbons (Fsp3) is 0.273. The Hall–Kier alpha value is -1.30. The molecule has 0 saturated heterocycles. The quantitative estimate of drug-likeness (QED) is 0.650. The van der Waals surface area contributed by atoms with Gasteiger partial charge in [-0.25, -0.2) is 0 Å². The lowest BCUT2D eigenvalue weighted by Crippen LogP contribution is -2.04. The molecule has 0 unspecified atom stereocenters. The molecule has 0 amide bonds. The number of hydrogen-bond acceptors (Lipinski definition) is 2. The maximum atomic E-state index is 8.87. The third-order valence-corrected chi connectivity index (χ3v) is 1.61. The number of aliphatic hydroxyl groups is 1. The van der Waals surface area contributed by atoms with Gasteiger partial charge in [-0.3, -0.25) is 0 Å². The predicted molar refractivity (Wildman–Crippen MR) is 53.2 cm³/mol. The third-order valence-electron chi connectivity index (χ3n) is 1.61. The summed E-state index contributed by atoms with van der Waals surface area (Å²) in [5, 5.41) is 11.8. The summed E-state index contributed by atoms with van der Waals surface area (Å²) in [5.41, 5.74) is 1.85. The zero-order valence-electron chi connectivity index (χ0n) is 7.67. The first-order valence-corrected chi connectivity index (χ1v) is 4.20. The van der Waals surface area contributed by atoms with Gasteiger partial charge in [0.1, 0.15) is 0 Å². The van der Waals surface area contributed by atoms with Gasteiger partial charge in [0.2, 0.25) is 0 Å². The van der Waals surface area contributed by atoms with Crippen molar-refractivity contribution in [3.63, 3.8) is 0 Å². The van der Waals surface area contributed by atoms with E-state index in [4.69, 9.17) is 5.11 Å². The van der Waals surface area contributed by atoms with Crippen LogP contribution in [0.4, 0.5) is 0 Å². The molecule has 0 radical (unpaired) electrons. The van der Waals surface area contributed by atoms with E-state index in [-0.39, 0.29) is 6.61 Å². The number of benzene rings is 1. The van der Waals surface area contributed by atoms with Crippen LogP contribution in [-0.4, -0.2) is 18.7 Å². The van der Waals surface area contributed by atoms with Crippen LogP contribution < -0.4 is 5.32 Å². The third kappa shape index (κ3) is 3.29. The van der Waals surface area contributed by atoms with E-state index in [0.717, 1.165) is 11.1 Å². The van der Waals surface area contributed by atoms with Crippen LogP contribution in [-0.2, 0) is 6.61 Å². The van der Waals surface area contributed by atoms with Gasteiger partial charge >= 0.3 is 0 Å². The average molecular weight is 175 g/mol. The highest BCUT2D eigenvalue weighted by atomic mass is 16.3. The van der Waals surface area contributed by atoms with E-state index in [0.29, 0.717) is 6.54 Å². The molecule has 1 aromatic carbocycles. The average Bonchev–Trinajstić information content (AvgIpc) is 2.19. The normalized spacial score (nSPS) is 9.08. The van der Waals surface area contributed by atoms with Crippen LogP contribution in [0.25, 0.3) is 0 Å². The first-order valence-electron chi connectivity index (χ1n) is 4.20. The molecule has 0 bridgehead atoms. The molecule has 0 heterocycles. The lowest BCUT2D eigenvalue weighted by molar-refractivity contribution is 0.282. The van der Waals surface area contributed by atoms with Crippen molar-refractivity contribution in [3.8, 4) is 11.8 Å². The number of rotatable bonds is 2. The Morgan fingerprint density at radius 1 is 1.46 bits per heavy atom. The van der Waals surface area contributed by atoms with Crippen molar-refractivity contribution in [2.24, 2.45) is 0 Å². The van der Waals surface area contributed by atoms with Crippen molar-refractivity contribution < 1.29 is 5.11 Å². The lowest BCUT2D eigenvalue weighted by atomic mass is 10.1. The molecule has 0 aromatic heterocycles. The van der Waals surface area contributed by atoms with E-state index in [9.17, 15) is 0 Å². The summed E-state index contributed by atoms with van der Waals surface area (Å²) in [7, 11) is 1.86. The molecule has 2 nitrogen and oxygen atoms in total. The van der Waals surface area contributed by atoms with Crippen LogP contribution in [0.1, 0.15) is 11.1 Å². The number of hydrogen-bond donors (Lipinski definition) is 2. The van der Waals surface area contributed by atoms with E-state index in [1.807, 2.05) is 31.3 Å². The molecular formula is C11H13NO. The molecule has 0 aliphatic carbocycles. The summed E-state index contributed by atoms with van der Waals surface area (Å²) in [6.07, 6.45) is 0. The topological polar surface area (TPSA) is 32.3 Å². The Labute approximate surface area is 78.6 Å². The minimum Gasteiger partial charge on any atom is -0.392 e. The number of nitrogens with one attached hydrogen (secondary N) is 1. The Bertz CT molecular complexity index is 322. The van der Waals surface area contributed by atoms with Crippen LogP contribution in [0.5, 0.6) is 0 Å². The Morgan fingerprint density at radius 2 is 2.31 bits per heavy atom. The van der Waals surface area contributed by atoms with Gasteiger partial charge in [-0.2, -0.15) is 0 Å². The second-order valence-electron chi connectivity index (χ2n) is 2.69. The molecule has 2 N–H and O–H groups in total. The fourth-order valence-corrected chi connectivity index (χ4v) is 0.982. The van der Waals surface area contributed by atoms with Gasteiger partial charge in [0.25, 0.3) is 0 Å².